The summed E-state index contributed by atoms with van der Waals surface area (Å²) in [6, 6.07) is 46.1. The molecular weight excluding hydrogens is 901 g/mol. The van der Waals surface area contributed by atoms with Crippen molar-refractivity contribution < 1.29 is 33.4 Å². The molecule has 285 valence electrons. The molecule has 0 saturated heterocycles. The fraction of sp³-hybridized carbons (Fsp3) is 0.0625. The molecule has 0 saturated carbocycles. The number of hydrogen-bond donors (Lipinski definition) is 0. The van der Waals surface area contributed by atoms with Gasteiger partial charge in [-0.05, 0) is 18.2 Å². The average Bonchev–Trinajstić information content (AvgIpc) is 4.11. The quantitative estimate of drug-likeness (QED) is 0.166. The molecule has 0 N–H and O–H groups in total. The number of nitrogens with zero attached hydrogens (tertiary/aromatic N) is 6. The first-order chi connectivity index (χ1) is 28.0. The van der Waals surface area contributed by atoms with Gasteiger partial charge in [-0.15, -0.1) is 18.2 Å². The van der Waals surface area contributed by atoms with Crippen molar-refractivity contribution in [2.24, 2.45) is 21.1 Å². The Balaban J connectivity index is 0.000000112. The zero-order valence-electron chi connectivity index (χ0n) is 31.8. The zero-order valence-corrected chi connectivity index (χ0v) is 34.2. The second kappa shape index (κ2) is 15.2. The third kappa shape index (κ3) is 6.58. The van der Waals surface area contributed by atoms with Crippen molar-refractivity contribution >= 4 is 65.8 Å². The Morgan fingerprint density at radius 2 is 0.672 bits per heavy atom. The minimum absolute atomic E-state index is 0. The van der Waals surface area contributed by atoms with Crippen LogP contribution in [0.15, 0.2) is 179 Å². The van der Waals surface area contributed by atoms with E-state index in [1.807, 2.05) is 196 Å². The van der Waals surface area contributed by atoms with E-state index in [0.29, 0.717) is 0 Å². The molecule has 6 heterocycles. The first kappa shape index (κ1) is 36.6. The number of rotatable bonds is 3. The van der Waals surface area contributed by atoms with Crippen molar-refractivity contribution in [1.29, 1.82) is 0 Å². The molecule has 58 heavy (non-hydrogen) atoms. The fourth-order valence-electron chi connectivity index (χ4n) is 7.35. The molecule has 0 fully saturated rings. The Morgan fingerprint density at radius 1 is 0.379 bits per heavy atom. The standard InChI is InChI=1S/3C16H12N2O.Ir/c3*1-17-9-10-18(11-17)14-7-4-6-13-12-5-2-3-8-15(12)19-16(13)14;/h3*2-6,8-11H,1H3;. The minimum atomic E-state index is 0. The summed E-state index contributed by atoms with van der Waals surface area (Å²) in [5, 5.41) is 6.81. The number of benzene rings is 6. The van der Waals surface area contributed by atoms with Crippen LogP contribution in [0.4, 0.5) is 0 Å². The van der Waals surface area contributed by atoms with Crippen LogP contribution in [-0.4, -0.2) is 27.4 Å². The number of furan rings is 3. The molecular formula is C48H36IrN6O3. The van der Waals surface area contributed by atoms with Crippen LogP contribution in [0.1, 0.15) is 0 Å². The van der Waals surface area contributed by atoms with Crippen LogP contribution < -0.4 is 0 Å². The zero-order chi connectivity index (χ0) is 38.5. The molecule has 12 aromatic rings. The molecule has 6 aromatic carbocycles. The average molecular weight is 937 g/mol. The summed E-state index contributed by atoms with van der Waals surface area (Å²) in [6.45, 7) is 0. The van der Waals surface area contributed by atoms with E-state index in [1.165, 1.54) is 0 Å². The number of aryl methyl sites for hydroxylation is 3. The second-order valence-corrected chi connectivity index (χ2v) is 14.0. The third-order valence-electron chi connectivity index (χ3n) is 10.0. The van der Waals surface area contributed by atoms with Crippen LogP contribution in [0.2, 0.25) is 0 Å². The molecule has 0 atom stereocenters. The number of hydrogen-bond acceptors (Lipinski definition) is 3. The molecule has 0 aliphatic carbocycles. The van der Waals surface area contributed by atoms with Crippen molar-refractivity contribution in [1.82, 2.24) is 27.4 Å². The van der Waals surface area contributed by atoms with Crippen LogP contribution in [0.5, 0.6) is 0 Å². The van der Waals surface area contributed by atoms with Gasteiger partial charge >= 0.3 is 0 Å². The molecule has 0 aliphatic rings. The predicted octanol–water partition coefficient (Wildman–Crippen LogP) is 11.4. The summed E-state index contributed by atoms with van der Waals surface area (Å²) in [6.07, 6.45) is 18.0. The van der Waals surface area contributed by atoms with Crippen molar-refractivity contribution in [3.8, 4) is 17.1 Å². The number of fused-ring (bicyclic) bond motifs is 9. The van der Waals surface area contributed by atoms with E-state index < -0.39 is 0 Å². The van der Waals surface area contributed by atoms with Crippen LogP contribution in [-0.2, 0) is 41.2 Å². The van der Waals surface area contributed by atoms with Gasteiger partial charge in [-0.25, -0.2) is 13.7 Å². The number of aromatic nitrogens is 6. The van der Waals surface area contributed by atoms with E-state index in [-0.39, 0.29) is 20.1 Å². The summed E-state index contributed by atoms with van der Waals surface area (Å²) in [5.74, 6) is 0. The van der Waals surface area contributed by atoms with Gasteiger partial charge in [0.15, 0.2) is 19.0 Å². The van der Waals surface area contributed by atoms with Crippen molar-refractivity contribution in [2.75, 3.05) is 0 Å². The monoisotopic (exact) mass is 937 g/mol. The smallest absolute Gasteiger partial charge is 0.163 e. The summed E-state index contributed by atoms with van der Waals surface area (Å²) >= 11 is 0. The SMILES string of the molecule is Cn1ccn(-c2[c-]ccc3c2oc2ccccc23)[cH+]1.Cn1ccn(-c2[c-]ccc3c2oc2ccccc23)[cH+]1.Cn1ccn(-c2[c-]ccc3c2oc2ccccc23)[cH+]1.[Ir]. The molecule has 0 amide bonds. The van der Waals surface area contributed by atoms with Gasteiger partial charge in [-0.1, -0.05) is 70.8 Å². The Labute approximate surface area is 346 Å². The maximum absolute atomic E-state index is 5.99. The van der Waals surface area contributed by atoms with Gasteiger partial charge in [0.25, 0.3) is 0 Å². The Bertz CT molecular complexity index is 3020. The Kier molecular flexibility index (Phi) is 9.57. The van der Waals surface area contributed by atoms with Crippen LogP contribution in [0.25, 0.3) is 82.9 Å². The van der Waals surface area contributed by atoms with E-state index in [0.717, 1.165) is 82.9 Å². The van der Waals surface area contributed by atoms with Crippen molar-refractivity contribution in [3.63, 3.8) is 0 Å². The van der Waals surface area contributed by atoms with Gasteiger partial charge in [0.1, 0.15) is 53.9 Å². The van der Waals surface area contributed by atoms with E-state index in [4.69, 9.17) is 13.3 Å². The maximum Gasteiger partial charge on any atom is 0.163 e. The molecule has 12 rings (SSSR count). The molecule has 6 aromatic heterocycles. The molecule has 0 spiro atoms. The van der Waals surface area contributed by atoms with E-state index in [2.05, 4.69) is 36.4 Å². The van der Waals surface area contributed by atoms with Gasteiger partial charge in [-0.3, -0.25) is 13.7 Å². The van der Waals surface area contributed by atoms with Gasteiger partial charge in [0.05, 0.1) is 33.8 Å². The molecule has 0 aliphatic heterocycles. The van der Waals surface area contributed by atoms with Gasteiger partial charge in [0.2, 0.25) is 0 Å². The van der Waals surface area contributed by atoms with Crippen LogP contribution in [0.3, 0.4) is 0 Å². The van der Waals surface area contributed by atoms with Crippen molar-refractivity contribution in [2.45, 2.75) is 0 Å². The fourth-order valence-corrected chi connectivity index (χ4v) is 7.35. The molecule has 10 heteroatoms. The molecule has 9 nitrogen and oxygen atoms in total. The maximum atomic E-state index is 5.99. The normalized spacial score (nSPS) is 11.2. The first-order valence-electron chi connectivity index (χ1n) is 18.5. The Morgan fingerprint density at radius 3 is 0.948 bits per heavy atom. The van der Waals surface area contributed by atoms with Gasteiger partial charge in [-0.2, -0.15) is 36.4 Å². The summed E-state index contributed by atoms with van der Waals surface area (Å²) in [5.41, 5.74) is 8.18. The molecule has 0 bridgehead atoms. The largest absolute Gasteiger partial charge is 0.503 e. The van der Waals surface area contributed by atoms with E-state index in [1.54, 1.807) is 0 Å². The first-order valence-corrected chi connectivity index (χ1v) is 18.5. The number of imidazole rings is 3. The summed E-state index contributed by atoms with van der Waals surface area (Å²) < 4.78 is 30.0. The predicted molar refractivity (Wildman–Crippen MR) is 226 cm³/mol. The van der Waals surface area contributed by atoms with Gasteiger partial charge in [0, 0.05) is 57.4 Å². The molecule has 1 radical (unpaired) electrons. The molecule has 0 unspecified atom stereocenters. The van der Waals surface area contributed by atoms with Gasteiger partial charge < -0.3 is 13.3 Å². The van der Waals surface area contributed by atoms with Crippen LogP contribution in [0, 0.1) is 18.2 Å². The van der Waals surface area contributed by atoms with Crippen LogP contribution >= 0.6 is 0 Å². The van der Waals surface area contributed by atoms with E-state index >= 15 is 0 Å². The third-order valence-corrected chi connectivity index (χ3v) is 10.0. The van der Waals surface area contributed by atoms with E-state index in [9.17, 15) is 0 Å². The topological polar surface area (TPSA) is 69.0 Å². The second-order valence-electron chi connectivity index (χ2n) is 14.0. The minimum Gasteiger partial charge on any atom is -0.503 e. The summed E-state index contributed by atoms with van der Waals surface area (Å²) in [7, 11) is 5.99. The Hall–Kier alpha value is -7.00. The number of para-hydroxylation sites is 3. The summed E-state index contributed by atoms with van der Waals surface area (Å²) in [4.78, 5) is 0. The van der Waals surface area contributed by atoms with Crippen molar-refractivity contribution in [3.05, 3.63) is 184 Å².